The summed E-state index contributed by atoms with van der Waals surface area (Å²) in [5, 5.41) is 3.26. The zero-order valence-corrected chi connectivity index (χ0v) is 13.7. The Labute approximate surface area is 125 Å². The van der Waals surface area contributed by atoms with Crippen molar-refractivity contribution in [2.75, 3.05) is 45.2 Å². The Kier molecular flexibility index (Phi) is 5.25. The van der Waals surface area contributed by atoms with Gasteiger partial charge in [0.05, 0.1) is 0 Å². The standard InChI is InChI=1S/C15H24BrN3/c1-12-10-13(4-5-15(12)16)19-9-8-18(3)14(11-19)6-7-17-2/h4-5,10,14,17H,6-9,11H2,1-3H3. The average Bonchev–Trinajstić information content (AvgIpc) is 2.41. The highest BCUT2D eigenvalue weighted by molar-refractivity contribution is 9.10. The number of hydrogen-bond acceptors (Lipinski definition) is 3. The second-order valence-corrected chi connectivity index (χ2v) is 6.26. The average molecular weight is 326 g/mol. The second-order valence-electron chi connectivity index (χ2n) is 5.41. The summed E-state index contributed by atoms with van der Waals surface area (Å²) in [5.74, 6) is 0. The highest BCUT2D eigenvalue weighted by Crippen LogP contribution is 2.25. The summed E-state index contributed by atoms with van der Waals surface area (Å²) >= 11 is 3.57. The normalized spacial score (nSPS) is 20.8. The van der Waals surface area contributed by atoms with E-state index in [4.69, 9.17) is 0 Å². The number of aryl methyl sites for hydroxylation is 1. The molecule has 3 nitrogen and oxygen atoms in total. The van der Waals surface area contributed by atoms with Gasteiger partial charge < -0.3 is 10.2 Å². The van der Waals surface area contributed by atoms with Crippen LogP contribution >= 0.6 is 15.9 Å². The van der Waals surface area contributed by atoms with Crippen molar-refractivity contribution in [2.24, 2.45) is 0 Å². The van der Waals surface area contributed by atoms with Gasteiger partial charge in [0.25, 0.3) is 0 Å². The van der Waals surface area contributed by atoms with Crippen molar-refractivity contribution >= 4 is 21.6 Å². The summed E-state index contributed by atoms with van der Waals surface area (Å²) in [5.41, 5.74) is 2.66. The first-order valence-electron chi connectivity index (χ1n) is 6.97. The van der Waals surface area contributed by atoms with Crippen LogP contribution in [0.15, 0.2) is 22.7 Å². The Bertz CT molecular complexity index is 422. The molecule has 0 spiro atoms. The number of anilines is 1. The molecule has 1 N–H and O–H groups in total. The summed E-state index contributed by atoms with van der Waals surface area (Å²) in [6, 6.07) is 7.30. The zero-order chi connectivity index (χ0) is 13.8. The number of piperazine rings is 1. The van der Waals surface area contributed by atoms with E-state index in [1.54, 1.807) is 0 Å². The molecule has 1 aromatic carbocycles. The molecule has 0 saturated carbocycles. The predicted molar refractivity (Wildman–Crippen MR) is 86.1 cm³/mol. The van der Waals surface area contributed by atoms with Crippen molar-refractivity contribution in [2.45, 2.75) is 19.4 Å². The Morgan fingerprint density at radius 2 is 2.16 bits per heavy atom. The lowest BCUT2D eigenvalue weighted by atomic mass is 10.1. The summed E-state index contributed by atoms with van der Waals surface area (Å²) < 4.78 is 1.19. The fraction of sp³-hybridized carbons (Fsp3) is 0.600. The van der Waals surface area contributed by atoms with E-state index in [-0.39, 0.29) is 0 Å². The van der Waals surface area contributed by atoms with Crippen LogP contribution in [-0.2, 0) is 0 Å². The molecule has 0 aromatic heterocycles. The largest absolute Gasteiger partial charge is 0.369 e. The van der Waals surface area contributed by atoms with Crippen LogP contribution in [0.3, 0.4) is 0 Å². The molecular formula is C15H24BrN3. The molecule has 4 heteroatoms. The van der Waals surface area contributed by atoms with E-state index in [0.29, 0.717) is 6.04 Å². The quantitative estimate of drug-likeness (QED) is 0.917. The molecule has 0 radical (unpaired) electrons. The molecule has 0 amide bonds. The maximum atomic E-state index is 3.57. The molecule has 1 heterocycles. The number of halogens is 1. The van der Waals surface area contributed by atoms with Crippen molar-refractivity contribution in [3.63, 3.8) is 0 Å². The third-order valence-corrected chi connectivity index (χ3v) is 4.90. The highest BCUT2D eigenvalue weighted by Gasteiger charge is 2.24. The fourth-order valence-corrected chi connectivity index (χ4v) is 2.88. The Balaban J connectivity index is 2.06. The number of nitrogens with one attached hydrogen (secondary N) is 1. The van der Waals surface area contributed by atoms with E-state index in [2.05, 4.69) is 63.2 Å². The second kappa shape index (κ2) is 6.73. The van der Waals surface area contributed by atoms with E-state index in [9.17, 15) is 0 Å². The lowest BCUT2D eigenvalue weighted by Crippen LogP contribution is -2.52. The van der Waals surface area contributed by atoms with Gasteiger partial charge in [0.2, 0.25) is 0 Å². The topological polar surface area (TPSA) is 18.5 Å². The van der Waals surface area contributed by atoms with Gasteiger partial charge in [0.1, 0.15) is 0 Å². The smallest absolute Gasteiger partial charge is 0.0370 e. The molecule has 0 aliphatic carbocycles. The van der Waals surface area contributed by atoms with Gasteiger partial charge in [-0.1, -0.05) is 15.9 Å². The van der Waals surface area contributed by atoms with Gasteiger partial charge in [-0.05, 0) is 57.7 Å². The number of rotatable bonds is 4. The summed E-state index contributed by atoms with van der Waals surface area (Å²) in [6.07, 6.45) is 1.21. The fourth-order valence-electron chi connectivity index (χ4n) is 2.63. The molecule has 0 bridgehead atoms. The first kappa shape index (κ1) is 14.8. The van der Waals surface area contributed by atoms with Gasteiger partial charge in [-0.15, -0.1) is 0 Å². The van der Waals surface area contributed by atoms with Gasteiger partial charge in [0.15, 0.2) is 0 Å². The molecule has 1 aromatic rings. The molecule has 19 heavy (non-hydrogen) atoms. The van der Waals surface area contributed by atoms with Crippen LogP contribution < -0.4 is 10.2 Å². The molecule has 1 unspecified atom stereocenters. The maximum Gasteiger partial charge on any atom is 0.0370 e. The number of likely N-dealkylation sites (N-methyl/N-ethyl adjacent to an activating group) is 1. The summed E-state index contributed by atoms with van der Waals surface area (Å²) in [7, 11) is 4.27. The lowest BCUT2D eigenvalue weighted by Gasteiger charge is -2.41. The highest BCUT2D eigenvalue weighted by atomic mass is 79.9. The van der Waals surface area contributed by atoms with Crippen LogP contribution in [0.2, 0.25) is 0 Å². The molecule has 1 fully saturated rings. The van der Waals surface area contributed by atoms with Gasteiger partial charge in [-0.25, -0.2) is 0 Å². The maximum absolute atomic E-state index is 3.57. The molecule has 1 atom stereocenters. The SMILES string of the molecule is CNCCC1CN(c2ccc(Br)c(C)c2)CCN1C. The predicted octanol–water partition coefficient (Wildman–Crippen LogP) is 2.49. The number of nitrogens with zero attached hydrogens (tertiary/aromatic N) is 2. The lowest BCUT2D eigenvalue weighted by molar-refractivity contribution is 0.208. The van der Waals surface area contributed by atoms with E-state index in [0.717, 1.165) is 26.2 Å². The molecule has 106 valence electrons. The van der Waals surface area contributed by atoms with Crippen LogP contribution in [0.5, 0.6) is 0 Å². The van der Waals surface area contributed by atoms with Crippen molar-refractivity contribution in [1.82, 2.24) is 10.2 Å². The van der Waals surface area contributed by atoms with Crippen LogP contribution in [0, 0.1) is 6.92 Å². The first-order chi connectivity index (χ1) is 9.11. The van der Waals surface area contributed by atoms with Crippen LogP contribution in [-0.4, -0.2) is 51.2 Å². The van der Waals surface area contributed by atoms with E-state index in [1.807, 2.05) is 7.05 Å². The minimum absolute atomic E-state index is 0.644. The van der Waals surface area contributed by atoms with Gasteiger partial charge in [-0.3, -0.25) is 4.90 Å². The van der Waals surface area contributed by atoms with E-state index < -0.39 is 0 Å². The zero-order valence-electron chi connectivity index (χ0n) is 12.1. The third kappa shape index (κ3) is 3.71. The number of benzene rings is 1. The Hall–Kier alpha value is -0.580. The Morgan fingerprint density at radius 1 is 1.37 bits per heavy atom. The van der Waals surface area contributed by atoms with E-state index in [1.165, 1.54) is 22.1 Å². The van der Waals surface area contributed by atoms with Crippen molar-refractivity contribution < 1.29 is 0 Å². The number of hydrogen-bond donors (Lipinski definition) is 1. The van der Waals surface area contributed by atoms with Crippen molar-refractivity contribution in [3.8, 4) is 0 Å². The Morgan fingerprint density at radius 3 is 2.84 bits per heavy atom. The van der Waals surface area contributed by atoms with Gasteiger partial charge >= 0.3 is 0 Å². The van der Waals surface area contributed by atoms with Crippen LogP contribution in [0.4, 0.5) is 5.69 Å². The first-order valence-corrected chi connectivity index (χ1v) is 7.77. The molecule has 1 aliphatic heterocycles. The van der Waals surface area contributed by atoms with Crippen molar-refractivity contribution in [3.05, 3.63) is 28.2 Å². The molecular weight excluding hydrogens is 302 g/mol. The molecule has 1 saturated heterocycles. The summed E-state index contributed by atoms with van der Waals surface area (Å²) in [4.78, 5) is 5.00. The van der Waals surface area contributed by atoms with Gasteiger partial charge in [-0.2, -0.15) is 0 Å². The van der Waals surface area contributed by atoms with Gasteiger partial charge in [0, 0.05) is 35.8 Å². The minimum atomic E-state index is 0.644. The minimum Gasteiger partial charge on any atom is -0.369 e. The molecule has 2 rings (SSSR count). The van der Waals surface area contributed by atoms with E-state index >= 15 is 0 Å². The molecule has 1 aliphatic rings. The van der Waals surface area contributed by atoms with Crippen LogP contribution in [0.25, 0.3) is 0 Å². The van der Waals surface area contributed by atoms with Crippen LogP contribution in [0.1, 0.15) is 12.0 Å². The third-order valence-electron chi connectivity index (χ3n) is 4.01. The van der Waals surface area contributed by atoms with Crippen molar-refractivity contribution in [1.29, 1.82) is 0 Å². The monoisotopic (exact) mass is 325 g/mol. The summed E-state index contributed by atoms with van der Waals surface area (Å²) in [6.45, 7) is 6.63.